The number of aromatic carboxylic acids is 1. The molecule has 13 nitrogen and oxygen atoms in total. The van der Waals surface area contributed by atoms with Crippen molar-refractivity contribution in [1.82, 2.24) is 20.1 Å². The number of nitrogens with zero attached hydrogens (tertiary/aromatic N) is 3. The van der Waals surface area contributed by atoms with Gasteiger partial charge in [-0.25, -0.2) is 9.59 Å². The van der Waals surface area contributed by atoms with E-state index < -0.39 is 42.3 Å². The summed E-state index contributed by atoms with van der Waals surface area (Å²) in [5, 5.41) is 12.6. The molecule has 1 fully saturated rings. The molecule has 2 N–H and O–H groups in total. The molecule has 0 bridgehead atoms. The molecule has 0 spiro atoms. The number of amides is 4. The fourth-order valence-corrected chi connectivity index (χ4v) is 5.63. The molecule has 2 aromatic carbocycles. The van der Waals surface area contributed by atoms with Crippen molar-refractivity contribution in [2.24, 2.45) is 5.92 Å². The van der Waals surface area contributed by atoms with Crippen LogP contribution in [0.15, 0.2) is 48.7 Å². The number of aromatic nitrogens is 1. The van der Waals surface area contributed by atoms with E-state index in [-0.39, 0.29) is 25.1 Å². The SMILES string of the molecule is CC[C@@H](NC(=O)N1CC(=O)N(Cc2c(OC)cc(OC)cc2OC)C[C@@H](Cc2cc(Cl)ccc2OC)C1=O)c1cc(C(=O)O)ccn1. The summed E-state index contributed by atoms with van der Waals surface area (Å²) in [5.41, 5.74) is 1.46. The minimum atomic E-state index is -1.15. The molecule has 3 aromatic rings. The third-order valence-corrected chi connectivity index (χ3v) is 8.15. The maximum atomic E-state index is 14.2. The number of hydrogen-bond acceptors (Lipinski definition) is 9. The highest BCUT2D eigenvalue weighted by molar-refractivity contribution is 6.30. The van der Waals surface area contributed by atoms with Crippen molar-refractivity contribution in [2.75, 3.05) is 41.5 Å². The highest BCUT2D eigenvalue weighted by Crippen LogP contribution is 2.36. The van der Waals surface area contributed by atoms with Crippen LogP contribution in [0.5, 0.6) is 23.0 Å². The van der Waals surface area contributed by atoms with Gasteiger partial charge in [-0.2, -0.15) is 0 Å². The molecule has 0 aliphatic carbocycles. The van der Waals surface area contributed by atoms with Crippen molar-refractivity contribution < 1.29 is 43.2 Å². The molecule has 1 aliphatic rings. The third kappa shape index (κ3) is 8.04. The number of pyridine rings is 1. The van der Waals surface area contributed by atoms with Gasteiger partial charge in [0.25, 0.3) is 0 Å². The van der Waals surface area contributed by atoms with Gasteiger partial charge in [0, 0.05) is 29.9 Å². The van der Waals surface area contributed by atoms with E-state index in [1.165, 1.54) is 51.7 Å². The Kier molecular flexibility index (Phi) is 11.5. The molecular weight excluding hydrogens is 632 g/mol. The average molecular weight is 669 g/mol. The number of methoxy groups -OCH3 is 4. The number of hydrogen-bond donors (Lipinski definition) is 2. The van der Waals surface area contributed by atoms with Gasteiger partial charge in [-0.3, -0.25) is 19.5 Å². The smallest absolute Gasteiger partial charge is 0.335 e. The Morgan fingerprint density at radius 2 is 1.68 bits per heavy atom. The van der Waals surface area contributed by atoms with Crippen LogP contribution >= 0.6 is 11.6 Å². The lowest BCUT2D eigenvalue weighted by Crippen LogP contribution is -2.48. The number of halogens is 1. The van der Waals surface area contributed by atoms with E-state index >= 15 is 0 Å². The monoisotopic (exact) mass is 668 g/mol. The Morgan fingerprint density at radius 3 is 2.28 bits per heavy atom. The number of nitrogens with one attached hydrogen (secondary N) is 1. The normalized spacial score (nSPS) is 15.5. The Hall–Kier alpha value is -5.04. The van der Waals surface area contributed by atoms with E-state index in [0.29, 0.717) is 51.3 Å². The van der Waals surface area contributed by atoms with Gasteiger partial charge in [-0.1, -0.05) is 18.5 Å². The second kappa shape index (κ2) is 15.5. The van der Waals surface area contributed by atoms with Crippen LogP contribution in [0, 0.1) is 5.92 Å². The Bertz CT molecular complexity index is 1630. The van der Waals surface area contributed by atoms with Crippen LogP contribution in [0.2, 0.25) is 5.02 Å². The van der Waals surface area contributed by atoms with Gasteiger partial charge in [0.1, 0.15) is 29.5 Å². The van der Waals surface area contributed by atoms with Crippen molar-refractivity contribution in [1.29, 1.82) is 0 Å². The molecule has 1 aromatic heterocycles. The van der Waals surface area contributed by atoms with Crippen LogP contribution < -0.4 is 24.3 Å². The summed E-state index contributed by atoms with van der Waals surface area (Å²) in [4.78, 5) is 59.9. The lowest BCUT2D eigenvalue weighted by atomic mass is 9.96. The summed E-state index contributed by atoms with van der Waals surface area (Å²) >= 11 is 6.29. The fourth-order valence-electron chi connectivity index (χ4n) is 5.44. The molecule has 0 radical (unpaired) electrons. The Labute approximate surface area is 277 Å². The zero-order valence-corrected chi connectivity index (χ0v) is 27.5. The average Bonchev–Trinajstić information content (AvgIpc) is 3.18. The number of benzene rings is 2. The first-order chi connectivity index (χ1) is 22.5. The number of urea groups is 1. The summed E-state index contributed by atoms with van der Waals surface area (Å²) < 4.78 is 22.1. The summed E-state index contributed by atoms with van der Waals surface area (Å²) in [7, 11) is 5.97. The number of imide groups is 1. The van der Waals surface area contributed by atoms with Gasteiger partial charge in [0.05, 0.1) is 63.8 Å². The Balaban J connectivity index is 1.71. The molecule has 2 atom stereocenters. The maximum absolute atomic E-state index is 14.2. The number of rotatable bonds is 12. The predicted molar refractivity (Wildman–Crippen MR) is 171 cm³/mol. The van der Waals surface area contributed by atoms with Crippen molar-refractivity contribution in [3.05, 3.63) is 76.1 Å². The number of ether oxygens (including phenoxy) is 4. The molecule has 14 heteroatoms. The van der Waals surface area contributed by atoms with Gasteiger partial charge in [0.2, 0.25) is 11.8 Å². The van der Waals surface area contributed by atoms with Gasteiger partial charge in [0.15, 0.2) is 0 Å². The second-order valence-electron chi connectivity index (χ2n) is 10.8. The molecule has 4 amide bonds. The van der Waals surface area contributed by atoms with E-state index in [0.717, 1.165) is 4.90 Å². The van der Waals surface area contributed by atoms with Crippen LogP contribution in [0.1, 0.15) is 46.6 Å². The number of carbonyl (C=O) groups excluding carboxylic acids is 3. The van der Waals surface area contributed by atoms with E-state index in [1.807, 2.05) is 0 Å². The van der Waals surface area contributed by atoms with Crippen LogP contribution in [0.25, 0.3) is 0 Å². The third-order valence-electron chi connectivity index (χ3n) is 7.91. The highest BCUT2D eigenvalue weighted by atomic mass is 35.5. The summed E-state index contributed by atoms with van der Waals surface area (Å²) in [5.74, 6) is -1.31. The summed E-state index contributed by atoms with van der Waals surface area (Å²) in [6, 6.07) is 9.50. The quantitative estimate of drug-likeness (QED) is 0.284. The number of carboxylic acids is 1. The van der Waals surface area contributed by atoms with Crippen LogP contribution in [0.4, 0.5) is 4.79 Å². The first kappa shape index (κ1) is 34.8. The van der Waals surface area contributed by atoms with Gasteiger partial charge < -0.3 is 34.3 Å². The standard InChI is InChI=1S/C33H37ClN4O9/c1-6-25(26-13-19(32(41)42)9-10-35-26)36-33(43)38-18-30(39)37(17-24-28(46-4)14-23(44-2)15-29(24)47-5)16-21(31(38)40)11-20-12-22(34)7-8-27(20)45-3/h7-10,12-15,21,25H,6,11,16-18H2,1-5H3,(H,36,43)(H,41,42)/t21-,25-/m1/s1. The molecule has 0 unspecified atom stereocenters. The summed E-state index contributed by atoms with van der Waals surface area (Å²) in [6.45, 7) is 1.19. The van der Waals surface area contributed by atoms with E-state index in [9.17, 15) is 24.3 Å². The number of carboxylic acid groups (broad SMARTS) is 1. The first-order valence-electron chi connectivity index (χ1n) is 14.7. The molecule has 0 saturated carbocycles. The minimum Gasteiger partial charge on any atom is -0.496 e. The van der Waals surface area contributed by atoms with Gasteiger partial charge >= 0.3 is 12.0 Å². The molecule has 250 valence electrons. The number of carbonyl (C=O) groups is 4. The zero-order chi connectivity index (χ0) is 34.2. The van der Waals surface area contributed by atoms with E-state index in [4.69, 9.17) is 30.5 Å². The van der Waals surface area contributed by atoms with Crippen LogP contribution in [0.3, 0.4) is 0 Å². The molecule has 1 saturated heterocycles. The molecule has 4 rings (SSSR count). The zero-order valence-electron chi connectivity index (χ0n) is 26.7. The topological polar surface area (TPSA) is 157 Å². The lowest BCUT2D eigenvalue weighted by Gasteiger charge is -2.26. The molecular formula is C33H37ClN4O9. The van der Waals surface area contributed by atoms with Crippen LogP contribution in [-0.4, -0.2) is 85.2 Å². The lowest BCUT2D eigenvalue weighted by molar-refractivity contribution is -0.135. The van der Waals surface area contributed by atoms with Crippen molar-refractivity contribution in [3.8, 4) is 23.0 Å². The predicted octanol–water partition coefficient (Wildman–Crippen LogP) is 4.36. The van der Waals surface area contributed by atoms with Crippen molar-refractivity contribution in [2.45, 2.75) is 32.4 Å². The minimum absolute atomic E-state index is 0.000658. The Morgan fingerprint density at radius 1 is 1.00 bits per heavy atom. The summed E-state index contributed by atoms with van der Waals surface area (Å²) in [6.07, 6.45) is 1.78. The van der Waals surface area contributed by atoms with Crippen molar-refractivity contribution in [3.63, 3.8) is 0 Å². The second-order valence-corrected chi connectivity index (χ2v) is 11.2. The van der Waals surface area contributed by atoms with Gasteiger partial charge in [-0.05, 0) is 48.7 Å². The highest BCUT2D eigenvalue weighted by Gasteiger charge is 2.39. The molecule has 1 aliphatic heterocycles. The molecule has 2 heterocycles. The van der Waals surface area contributed by atoms with Crippen molar-refractivity contribution >= 4 is 35.4 Å². The molecule has 47 heavy (non-hydrogen) atoms. The van der Waals surface area contributed by atoms with Gasteiger partial charge in [-0.15, -0.1) is 0 Å². The first-order valence-corrected chi connectivity index (χ1v) is 15.1. The van der Waals surface area contributed by atoms with E-state index in [1.54, 1.807) is 37.3 Å². The van der Waals surface area contributed by atoms with Crippen LogP contribution in [-0.2, 0) is 22.6 Å². The maximum Gasteiger partial charge on any atom is 0.335 e. The largest absolute Gasteiger partial charge is 0.496 e. The van der Waals surface area contributed by atoms with E-state index in [2.05, 4.69) is 10.3 Å². The fraction of sp³-hybridized carbons (Fsp3) is 0.364.